The van der Waals surface area contributed by atoms with Gasteiger partial charge >= 0.3 is 0 Å². The topological polar surface area (TPSA) is 38.9 Å². The summed E-state index contributed by atoms with van der Waals surface area (Å²) in [5, 5.41) is 1.75. The summed E-state index contributed by atoms with van der Waals surface area (Å²) in [5.74, 6) is 0. The lowest BCUT2D eigenvalue weighted by atomic mass is 9.99. The van der Waals surface area contributed by atoms with Crippen LogP contribution in [0.25, 0.3) is 64.6 Å². The lowest BCUT2D eigenvalue weighted by Crippen LogP contribution is -1.88. The van der Waals surface area contributed by atoms with Gasteiger partial charge in [0.25, 0.3) is 0 Å². The van der Waals surface area contributed by atoms with Gasteiger partial charge < -0.3 is 4.42 Å². The van der Waals surface area contributed by atoms with E-state index in [1.165, 1.54) is 6.33 Å². The molecule has 0 saturated heterocycles. The van der Waals surface area contributed by atoms with Crippen LogP contribution in [0.15, 0.2) is 95.5 Å². The second kappa shape index (κ2) is 7.14. The predicted octanol–water partition coefficient (Wildman–Crippen LogP) is 8.73. The minimum atomic E-state index is -0.401. The Morgan fingerprint density at radius 1 is 0.848 bits per heavy atom. The van der Waals surface area contributed by atoms with Crippen LogP contribution in [-0.2, 0) is 0 Å². The number of hydrogen-bond acceptors (Lipinski definition) is 4. The maximum absolute atomic E-state index is 8.80. The zero-order valence-corrected chi connectivity index (χ0v) is 18.3. The van der Waals surface area contributed by atoms with Crippen LogP contribution in [0.1, 0.15) is 9.60 Å². The third kappa shape index (κ3) is 2.88. The molecule has 7 rings (SSSR count). The van der Waals surface area contributed by atoms with Crippen LogP contribution in [0.3, 0.4) is 0 Å². The van der Waals surface area contributed by atoms with E-state index in [1.54, 1.807) is 30.3 Å². The van der Waals surface area contributed by atoms with Gasteiger partial charge in [0.2, 0.25) is 0 Å². The Kier molecular flexibility index (Phi) is 2.83. The van der Waals surface area contributed by atoms with Gasteiger partial charge in [0, 0.05) is 36.1 Å². The van der Waals surface area contributed by atoms with Gasteiger partial charge in [-0.15, -0.1) is 11.3 Å². The minimum absolute atomic E-state index is 0.164. The largest absolute Gasteiger partial charge is 0.452 e. The van der Waals surface area contributed by atoms with Gasteiger partial charge in [-0.25, -0.2) is 9.97 Å². The summed E-state index contributed by atoms with van der Waals surface area (Å²) in [6.45, 7) is 0. The number of rotatable bonds is 2. The second-order valence-electron chi connectivity index (χ2n) is 7.48. The molecule has 4 aromatic carbocycles. The molecule has 3 nitrogen and oxygen atoms in total. The Morgan fingerprint density at radius 2 is 1.73 bits per heavy atom. The molecule has 33 heavy (non-hydrogen) atoms. The number of thiophene rings is 1. The first-order chi connectivity index (χ1) is 19.2. The summed E-state index contributed by atoms with van der Waals surface area (Å²) in [5.41, 5.74) is 3.85. The van der Waals surface area contributed by atoms with E-state index >= 15 is 0 Å². The number of hydrogen-bond donors (Lipinski definition) is 0. The van der Waals surface area contributed by atoms with Crippen molar-refractivity contribution in [2.24, 2.45) is 0 Å². The molecule has 0 radical (unpaired) electrons. The van der Waals surface area contributed by atoms with E-state index in [9.17, 15) is 0 Å². The quantitative estimate of drug-likeness (QED) is 0.254. The van der Waals surface area contributed by atoms with E-state index in [1.807, 2.05) is 12.1 Å². The lowest BCUT2D eigenvalue weighted by molar-refractivity contribution is 0.667. The van der Waals surface area contributed by atoms with Crippen molar-refractivity contribution in [1.29, 1.82) is 0 Å². The van der Waals surface area contributed by atoms with E-state index < -0.39 is 6.04 Å². The number of nitrogens with zero attached hydrogens (tertiary/aromatic N) is 2. The normalized spacial score (nSPS) is 14.8. The molecular weight excluding hydrogens is 448 g/mol. The summed E-state index contributed by atoms with van der Waals surface area (Å²) < 4.78 is 66.0. The van der Waals surface area contributed by atoms with Crippen LogP contribution in [-0.4, -0.2) is 9.97 Å². The van der Waals surface area contributed by atoms with Crippen LogP contribution in [0.4, 0.5) is 0 Å². The van der Waals surface area contributed by atoms with Crippen molar-refractivity contribution >= 4 is 65.2 Å². The molecule has 0 fully saturated rings. The molecule has 0 bridgehead atoms. The SMILES string of the molecule is [2H]c1c([2H])c([2H])c2c(sc3c(-c4cccc(-c5ncnc6c5oc5ccc(Cl)cc56)c4)c([2H])c([2H])c([2H])c32)c1[2H]. The highest BCUT2D eigenvalue weighted by atomic mass is 35.5. The van der Waals surface area contributed by atoms with Crippen molar-refractivity contribution in [3.05, 3.63) is 96.1 Å². The third-order valence-corrected chi connectivity index (χ3v) is 6.93. The fourth-order valence-electron chi connectivity index (χ4n) is 4.11. The van der Waals surface area contributed by atoms with Crippen molar-refractivity contribution < 1.29 is 14.0 Å². The lowest BCUT2D eigenvalue weighted by Gasteiger charge is -2.07. The van der Waals surface area contributed by atoms with E-state index in [0.29, 0.717) is 48.8 Å². The van der Waals surface area contributed by atoms with Gasteiger partial charge in [-0.05, 0) is 41.4 Å². The van der Waals surface area contributed by atoms with E-state index in [-0.39, 0.29) is 51.7 Å². The predicted molar refractivity (Wildman–Crippen MR) is 138 cm³/mol. The smallest absolute Gasteiger partial charge is 0.180 e. The Balaban J connectivity index is 1.53. The summed E-state index contributed by atoms with van der Waals surface area (Å²) in [6, 6.07) is 10.6. The molecule has 7 aromatic rings. The van der Waals surface area contributed by atoms with Crippen LogP contribution in [0.2, 0.25) is 5.02 Å². The van der Waals surface area contributed by atoms with Gasteiger partial charge in [0.1, 0.15) is 23.1 Å². The monoisotopic (exact) mass is 469 g/mol. The highest BCUT2D eigenvalue weighted by molar-refractivity contribution is 7.26. The molecule has 0 N–H and O–H groups in total. The van der Waals surface area contributed by atoms with E-state index in [2.05, 4.69) is 9.97 Å². The fraction of sp³-hybridized carbons (Fsp3) is 0. The Hall–Kier alpha value is -3.73. The first-order valence-corrected chi connectivity index (χ1v) is 11.2. The summed E-state index contributed by atoms with van der Waals surface area (Å²) in [4.78, 5) is 8.89. The van der Waals surface area contributed by atoms with Crippen molar-refractivity contribution in [1.82, 2.24) is 9.97 Å². The van der Waals surface area contributed by atoms with Crippen LogP contribution >= 0.6 is 22.9 Å². The molecule has 0 aliphatic carbocycles. The number of halogens is 1. The van der Waals surface area contributed by atoms with Crippen LogP contribution in [0, 0.1) is 0 Å². The van der Waals surface area contributed by atoms with Crippen molar-refractivity contribution in [3.63, 3.8) is 0 Å². The van der Waals surface area contributed by atoms with Crippen LogP contribution < -0.4 is 0 Å². The van der Waals surface area contributed by atoms with Gasteiger partial charge in [-0.1, -0.05) is 66.1 Å². The number of furan rings is 1. The first-order valence-electron chi connectivity index (χ1n) is 13.5. The van der Waals surface area contributed by atoms with E-state index in [0.717, 1.165) is 16.7 Å². The molecule has 3 aromatic heterocycles. The zero-order valence-electron chi connectivity index (χ0n) is 23.7. The van der Waals surface area contributed by atoms with E-state index in [4.69, 9.17) is 25.6 Å². The second-order valence-corrected chi connectivity index (χ2v) is 8.94. The number of aromatic nitrogens is 2. The highest BCUT2D eigenvalue weighted by Crippen LogP contribution is 2.41. The highest BCUT2D eigenvalue weighted by Gasteiger charge is 2.16. The Morgan fingerprint density at radius 3 is 2.70 bits per heavy atom. The van der Waals surface area contributed by atoms with Gasteiger partial charge in [0.15, 0.2) is 5.58 Å². The van der Waals surface area contributed by atoms with Gasteiger partial charge in [0.05, 0.1) is 9.60 Å². The molecule has 0 spiro atoms. The molecule has 0 atom stereocenters. The van der Waals surface area contributed by atoms with Crippen molar-refractivity contribution in [3.8, 4) is 22.4 Å². The minimum Gasteiger partial charge on any atom is -0.452 e. The first kappa shape index (κ1) is 13.1. The van der Waals surface area contributed by atoms with Gasteiger partial charge in [-0.3, -0.25) is 0 Å². The molecule has 0 amide bonds. The maximum atomic E-state index is 8.80. The number of benzene rings is 4. The summed E-state index contributed by atoms with van der Waals surface area (Å²) in [7, 11) is 0. The maximum Gasteiger partial charge on any atom is 0.180 e. The average Bonchev–Trinajstić information content (AvgIpc) is 3.53. The molecule has 0 aliphatic heterocycles. The molecule has 3 heterocycles. The molecule has 0 saturated carbocycles. The number of fused-ring (bicyclic) bond motifs is 6. The third-order valence-electron chi connectivity index (χ3n) is 5.57. The van der Waals surface area contributed by atoms with Crippen LogP contribution in [0.5, 0.6) is 0 Å². The standard InChI is InChI=1S/C28H15ClN2OS/c29-18-11-12-23-22(14-18)26-27(32-23)25(30-15-31-26)17-6-3-5-16(13-17)19-8-4-9-21-20-7-1-2-10-24(20)33-28(19)21/h1-15H/i1D,2D,4D,7D,8D,9D,10D. The Bertz CT molecular complexity index is 2230. The Labute approximate surface area is 207 Å². The van der Waals surface area contributed by atoms with Crippen molar-refractivity contribution in [2.45, 2.75) is 0 Å². The van der Waals surface area contributed by atoms with Crippen molar-refractivity contribution in [2.75, 3.05) is 0 Å². The summed E-state index contributed by atoms with van der Waals surface area (Å²) in [6.07, 6.45) is 1.44. The molecule has 156 valence electrons. The fourth-order valence-corrected chi connectivity index (χ4v) is 5.37. The molecule has 0 aliphatic rings. The zero-order chi connectivity index (χ0) is 28.0. The summed E-state index contributed by atoms with van der Waals surface area (Å²) >= 11 is 7.30. The molecule has 5 heteroatoms. The average molecular weight is 470 g/mol. The van der Waals surface area contributed by atoms with Gasteiger partial charge in [-0.2, -0.15) is 0 Å². The molecule has 0 unspecified atom stereocenters. The molecular formula is C28H15ClN2OS.